The van der Waals surface area contributed by atoms with Crippen LogP contribution in [-0.2, 0) is 0 Å². The standard InChI is InChI=1S/C44H26N2O2/c1-25-39(32-16-10-17-33-41-38(48-42(32)33)24-22-29-28-13-6-9-20-37(28)47-43(29)41)30-14-4-7-18-34(30)45-44(25)46-35-19-8-5-15-31(35)40-27-12-3-2-11-26(27)21-23-36(40)46/h2-24,39H,1H2. The van der Waals surface area contributed by atoms with E-state index in [4.69, 9.17) is 20.4 Å². The van der Waals surface area contributed by atoms with Gasteiger partial charge >= 0.3 is 0 Å². The van der Waals surface area contributed by atoms with Crippen molar-refractivity contribution in [3.63, 3.8) is 0 Å². The monoisotopic (exact) mass is 614 g/mol. The Morgan fingerprint density at radius 3 is 2.17 bits per heavy atom. The van der Waals surface area contributed by atoms with Gasteiger partial charge in [0, 0.05) is 44.0 Å². The molecule has 4 heterocycles. The Bertz CT molecular complexity index is 3040. The normalized spacial score (nSPS) is 15.0. The number of fused-ring (bicyclic) bond motifs is 13. The van der Waals surface area contributed by atoms with E-state index in [1.807, 2.05) is 12.1 Å². The topological polar surface area (TPSA) is 43.6 Å². The average molecular weight is 615 g/mol. The van der Waals surface area contributed by atoms with Gasteiger partial charge in [-0.15, -0.1) is 0 Å². The van der Waals surface area contributed by atoms with Crippen LogP contribution in [0.25, 0.3) is 76.5 Å². The molecule has 11 rings (SSSR count). The predicted molar refractivity (Wildman–Crippen MR) is 198 cm³/mol. The number of rotatable bonds is 1. The van der Waals surface area contributed by atoms with Gasteiger partial charge in [-0.05, 0) is 52.7 Å². The third kappa shape index (κ3) is 3.31. The molecule has 1 unspecified atom stereocenters. The number of benzene rings is 7. The molecule has 4 heteroatoms. The summed E-state index contributed by atoms with van der Waals surface area (Å²) in [6, 6.07) is 48.9. The largest absolute Gasteiger partial charge is 0.456 e. The highest BCUT2D eigenvalue weighted by atomic mass is 16.3. The lowest BCUT2D eigenvalue weighted by molar-refractivity contribution is 0.657. The van der Waals surface area contributed by atoms with Gasteiger partial charge in [-0.3, -0.25) is 4.57 Å². The van der Waals surface area contributed by atoms with Crippen LogP contribution in [0.2, 0.25) is 0 Å². The third-order valence-electron chi connectivity index (χ3n) is 10.2. The van der Waals surface area contributed by atoms with E-state index in [9.17, 15) is 0 Å². The molecular weight excluding hydrogens is 588 g/mol. The summed E-state index contributed by atoms with van der Waals surface area (Å²) in [4.78, 5) is 5.35. The van der Waals surface area contributed by atoms with Crippen LogP contribution in [0.3, 0.4) is 0 Å². The molecule has 1 aliphatic heterocycles. The number of hydrogen-bond donors (Lipinski definition) is 0. The zero-order chi connectivity index (χ0) is 31.5. The lowest BCUT2D eigenvalue weighted by atomic mass is 9.81. The minimum absolute atomic E-state index is 0.180. The second kappa shape index (κ2) is 9.34. The van der Waals surface area contributed by atoms with E-state index < -0.39 is 0 Å². The molecule has 0 fully saturated rings. The van der Waals surface area contributed by atoms with E-state index in [-0.39, 0.29) is 5.92 Å². The van der Waals surface area contributed by atoms with Crippen LogP contribution in [0, 0.1) is 0 Å². The molecule has 0 radical (unpaired) electrons. The molecule has 0 spiro atoms. The van der Waals surface area contributed by atoms with E-state index in [1.165, 1.54) is 21.5 Å². The maximum absolute atomic E-state index is 6.77. The van der Waals surface area contributed by atoms with Gasteiger partial charge in [0.2, 0.25) is 0 Å². The number of para-hydroxylation sites is 4. The van der Waals surface area contributed by atoms with Crippen molar-refractivity contribution < 1.29 is 8.83 Å². The minimum Gasteiger partial charge on any atom is -0.456 e. The van der Waals surface area contributed by atoms with Gasteiger partial charge in [-0.1, -0.05) is 110 Å². The first-order valence-corrected chi connectivity index (χ1v) is 16.3. The Morgan fingerprint density at radius 1 is 0.500 bits per heavy atom. The predicted octanol–water partition coefficient (Wildman–Crippen LogP) is 12.0. The lowest BCUT2D eigenvalue weighted by Crippen LogP contribution is -2.23. The molecule has 0 N–H and O–H groups in total. The molecule has 0 saturated heterocycles. The molecule has 0 saturated carbocycles. The van der Waals surface area contributed by atoms with Gasteiger partial charge in [0.1, 0.15) is 28.2 Å². The first-order chi connectivity index (χ1) is 23.7. The highest BCUT2D eigenvalue weighted by Gasteiger charge is 2.33. The van der Waals surface area contributed by atoms with E-state index in [0.717, 1.165) is 83.1 Å². The van der Waals surface area contributed by atoms with Gasteiger partial charge in [0.15, 0.2) is 0 Å². The molecule has 4 nitrogen and oxygen atoms in total. The molecular formula is C44H26N2O2. The van der Waals surface area contributed by atoms with Crippen LogP contribution in [0.1, 0.15) is 17.0 Å². The first kappa shape index (κ1) is 25.8. The number of aliphatic imine (C=N–C) groups is 1. The average Bonchev–Trinajstić information content (AvgIpc) is 3.81. The number of nitrogens with zero attached hydrogens (tertiary/aromatic N) is 2. The van der Waals surface area contributed by atoms with Gasteiger partial charge < -0.3 is 8.83 Å². The van der Waals surface area contributed by atoms with Gasteiger partial charge in [0.25, 0.3) is 0 Å². The van der Waals surface area contributed by atoms with Crippen molar-refractivity contribution in [1.29, 1.82) is 0 Å². The van der Waals surface area contributed by atoms with E-state index >= 15 is 0 Å². The van der Waals surface area contributed by atoms with Crippen molar-refractivity contribution in [2.75, 3.05) is 0 Å². The summed E-state index contributed by atoms with van der Waals surface area (Å²) in [5, 5.41) is 9.10. The maximum atomic E-state index is 6.77. The Morgan fingerprint density at radius 2 is 1.23 bits per heavy atom. The Labute approximate surface area is 274 Å². The third-order valence-corrected chi connectivity index (χ3v) is 10.2. The van der Waals surface area contributed by atoms with Crippen molar-refractivity contribution in [2.45, 2.75) is 5.92 Å². The molecule has 3 aromatic heterocycles. The zero-order valence-electron chi connectivity index (χ0n) is 25.8. The van der Waals surface area contributed by atoms with Crippen LogP contribution in [0.5, 0.6) is 0 Å². The molecule has 48 heavy (non-hydrogen) atoms. The van der Waals surface area contributed by atoms with Crippen LogP contribution >= 0.6 is 0 Å². The Hall–Kier alpha value is -6.39. The summed E-state index contributed by atoms with van der Waals surface area (Å²) in [5.74, 6) is 0.661. The van der Waals surface area contributed by atoms with Crippen molar-refractivity contribution >= 4 is 88.0 Å². The number of aromatic nitrogens is 1. The fourth-order valence-electron chi connectivity index (χ4n) is 8.17. The van der Waals surface area contributed by atoms with Crippen molar-refractivity contribution in [2.24, 2.45) is 4.99 Å². The van der Waals surface area contributed by atoms with Crippen LogP contribution < -0.4 is 0 Å². The van der Waals surface area contributed by atoms with Crippen molar-refractivity contribution in [1.82, 2.24) is 4.57 Å². The fraction of sp³-hybridized carbons (Fsp3) is 0.0227. The minimum atomic E-state index is -0.180. The van der Waals surface area contributed by atoms with Crippen LogP contribution in [-0.4, -0.2) is 10.4 Å². The molecule has 1 atom stereocenters. The number of furan rings is 2. The molecule has 0 bridgehead atoms. The highest BCUT2D eigenvalue weighted by molar-refractivity contribution is 6.26. The molecule has 0 aliphatic carbocycles. The zero-order valence-corrected chi connectivity index (χ0v) is 25.8. The second-order valence-electron chi connectivity index (χ2n) is 12.7. The number of allylic oxidation sites excluding steroid dienone is 1. The van der Waals surface area contributed by atoms with Crippen LogP contribution in [0.4, 0.5) is 5.69 Å². The Kier molecular flexibility index (Phi) is 5.01. The molecule has 224 valence electrons. The van der Waals surface area contributed by atoms with Gasteiger partial charge in [-0.2, -0.15) is 0 Å². The maximum Gasteiger partial charge on any atom is 0.147 e. The number of hydrogen-bond acceptors (Lipinski definition) is 3. The summed E-state index contributed by atoms with van der Waals surface area (Å²) >= 11 is 0. The molecule has 1 aliphatic rings. The van der Waals surface area contributed by atoms with Gasteiger partial charge in [0.05, 0.1) is 22.1 Å². The summed E-state index contributed by atoms with van der Waals surface area (Å²) in [6.07, 6.45) is 0. The molecule has 10 aromatic rings. The van der Waals surface area contributed by atoms with E-state index in [2.05, 4.69) is 132 Å². The van der Waals surface area contributed by atoms with Crippen molar-refractivity contribution in [3.8, 4) is 0 Å². The smallest absolute Gasteiger partial charge is 0.147 e. The van der Waals surface area contributed by atoms with Crippen LogP contribution in [0.15, 0.2) is 166 Å². The quantitative estimate of drug-likeness (QED) is 0.185. The first-order valence-electron chi connectivity index (χ1n) is 16.3. The van der Waals surface area contributed by atoms with Crippen molar-refractivity contribution in [3.05, 3.63) is 163 Å². The highest BCUT2D eigenvalue weighted by Crippen LogP contribution is 2.48. The summed E-state index contributed by atoms with van der Waals surface area (Å²) in [6.45, 7) is 4.81. The van der Waals surface area contributed by atoms with Gasteiger partial charge in [-0.25, -0.2) is 4.99 Å². The molecule has 7 aromatic carbocycles. The fourth-order valence-corrected chi connectivity index (χ4v) is 8.17. The summed E-state index contributed by atoms with van der Waals surface area (Å²) in [7, 11) is 0. The SMILES string of the molecule is C=C1C(n2c3ccccc3c3c4ccccc4ccc32)=Nc2ccccc2C1c1cccc2c1oc1ccc3c4ccccc4oc3c12. The Balaban J connectivity index is 1.19. The molecule has 0 amide bonds. The summed E-state index contributed by atoms with van der Waals surface area (Å²) < 4.78 is 15.5. The second-order valence-corrected chi connectivity index (χ2v) is 12.7. The van der Waals surface area contributed by atoms with E-state index in [1.54, 1.807) is 0 Å². The lowest BCUT2D eigenvalue weighted by Gasteiger charge is -2.28. The summed E-state index contributed by atoms with van der Waals surface area (Å²) in [5.41, 5.74) is 9.63. The van der Waals surface area contributed by atoms with E-state index in [0.29, 0.717) is 0 Å².